The third kappa shape index (κ3) is 5.79. The topological polar surface area (TPSA) is 59.5 Å². The smallest absolute Gasteiger partial charge is 0.148 e. The lowest BCUT2D eigenvalue weighted by Gasteiger charge is -2.26. The number of hydrogen-bond donors (Lipinski definition) is 1. The molecule has 2 heterocycles. The Hall–Kier alpha value is -1.89. The van der Waals surface area contributed by atoms with Crippen molar-refractivity contribution in [3.8, 4) is 5.75 Å². The van der Waals surface area contributed by atoms with Crippen LogP contribution in [0.3, 0.4) is 0 Å². The monoisotopic (exact) mass is 390 g/mol. The van der Waals surface area contributed by atoms with Crippen molar-refractivity contribution in [2.75, 3.05) is 51.3 Å². The first-order valence-corrected chi connectivity index (χ1v) is 9.74. The number of ether oxygens (including phenoxy) is 2. The molecule has 1 aromatic carbocycles. The molecule has 1 fully saturated rings. The highest BCUT2D eigenvalue weighted by molar-refractivity contribution is 6.33. The molecular weight excluding hydrogens is 364 g/mol. The highest BCUT2D eigenvalue weighted by atomic mass is 35.5. The van der Waals surface area contributed by atoms with Crippen LogP contribution in [-0.2, 0) is 11.2 Å². The van der Waals surface area contributed by atoms with Gasteiger partial charge in [0, 0.05) is 19.6 Å². The number of rotatable bonds is 8. The van der Waals surface area contributed by atoms with Crippen LogP contribution in [0.4, 0.5) is 5.82 Å². The second kappa shape index (κ2) is 9.88. The van der Waals surface area contributed by atoms with Crippen molar-refractivity contribution in [3.63, 3.8) is 0 Å². The zero-order valence-corrected chi connectivity index (χ0v) is 16.8. The minimum absolute atomic E-state index is 0.535. The Morgan fingerprint density at radius 2 is 2.04 bits per heavy atom. The number of morpholine rings is 1. The number of anilines is 1. The van der Waals surface area contributed by atoms with Gasteiger partial charge in [-0.2, -0.15) is 0 Å². The van der Waals surface area contributed by atoms with Crippen LogP contribution in [0.1, 0.15) is 16.8 Å². The first-order valence-electron chi connectivity index (χ1n) is 9.37. The molecule has 2 aromatic rings. The summed E-state index contributed by atoms with van der Waals surface area (Å²) in [5, 5.41) is 3.74. The number of nitrogens with zero attached hydrogens (tertiary/aromatic N) is 3. The average Bonchev–Trinajstić information content (AvgIpc) is 2.68. The highest BCUT2D eigenvalue weighted by Gasteiger charge is 2.10. The van der Waals surface area contributed by atoms with Crippen LogP contribution in [0.25, 0.3) is 0 Å². The van der Waals surface area contributed by atoms with Gasteiger partial charge in [0.05, 0.1) is 25.5 Å². The lowest BCUT2D eigenvalue weighted by atomic mass is 10.1. The van der Waals surface area contributed by atoms with Gasteiger partial charge in [0.1, 0.15) is 29.5 Å². The van der Waals surface area contributed by atoms with E-state index in [0.29, 0.717) is 24.0 Å². The van der Waals surface area contributed by atoms with E-state index in [0.717, 1.165) is 56.3 Å². The van der Waals surface area contributed by atoms with E-state index in [-0.39, 0.29) is 0 Å². The molecule has 1 N–H and O–H groups in total. The molecule has 0 spiro atoms. The van der Waals surface area contributed by atoms with Crippen LogP contribution >= 0.6 is 11.6 Å². The lowest BCUT2D eigenvalue weighted by Crippen LogP contribution is -2.37. The second-order valence-electron chi connectivity index (χ2n) is 6.70. The maximum Gasteiger partial charge on any atom is 0.148 e. The molecule has 27 heavy (non-hydrogen) atoms. The second-order valence-corrected chi connectivity index (χ2v) is 7.08. The van der Waals surface area contributed by atoms with Gasteiger partial charge in [0.2, 0.25) is 0 Å². The summed E-state index contributed by atoms with van der Waals surface area (Å²) >= 11 is 6.18. The maximum absolute atomic E-state index is 6.18. The first kappa shape index (κ1) is 19.9. The van der Waals surface area contributed by atoms with Crippen LogP contribution in [0, 0.1) is 13.8 Å². The standard InChI is InChI=1S/C20H27ClN4O2/c1-15-13-17(5-7-25-8-11-26-12-9-25)3-4-18(15)27-10-6-22-20-19(21)16(2)23-14-24-20/h3-4,13-14H,5-12H2,1-2H3,(H,22,23,24). The van der Waals surface area contributed by atoms with Crippen LogP contribution in [0.15, 0.2) is 24.5 Å². The molecule has 1 aliphatic rings. The van der Waals surface area contributed by atoms with E-state index in [9.17, 15) is 0 Å². The van der Waals surface area contributed by atoms with E-state index in [1.54, 1.807) is 0 Å². The molecule has 1 aromatic heterocycles. The van der Waals surface area contributed by atoms with Gasteiger partial charge in [-0.3, -0.25) is 4.90 Å². The number of halogens is 1. The Balaban J connectivity index is 1.44. The molecule has 7 heteroatoms. The molecule has 0 saturated carbocycles. The summed E-state index contributed by atoms with van der Waals surface area (Å²) < 4.78 is 11.3. The first-order chi connectivity index (χ1) is 13.1. The van der Waals surface area contributed by atoms with Gasteiger partial charge in [0.15, 0.2) is 0 Å². The minimum Gasteiger partial charge on any atom is -0.491 e. The quantitative estimate of drug-likeness (QED) is 0.699. The third-order valence-corrected chi connectivity index (χ3v) is 5.13. The predicted octanol–water partition coefficient (Wildman–Crippen LogP) is 3.11. The van der Waals surface area contributed by atoms with Crippen LogP contribution in [0.5, 0.6) is 5.75 Å². The molecule has 6 nitrogen and oxygen atoms in total. The summed E-state index contributed by atoms with van der Waals surface area (Å²) in [6, 6.07) is 6.43. The van der Waals surface area contributed by atoms with Gasteiger partial charge in [-0.25, -0.2) is 9.97 Å². The van der Waals surface area contributed by atoms with E-state index in [4.69, 9.17) is 21.1 Å². The fraction of sp³-hybridized carbons (Fsp3) is 0.500. The Kier molecular flexibility index (Phi) is 7.26. The molecule has 0 amide bonds. The molecule has 3 rings (SSSR count). The van der Waals surface area contributed by atoms with Crippen molar-refractivity contribution in [2.24, 2.45) is 0 Å². The molecular formula is C20H27ClN4O2. The zero-order valence-electron chi connectivity index (χ0n) is 16.0. The number of benzene rings is 1. The van der Waals surface area contributed by atoms with E-state index >= 15 is 0 Å². The molecule has 0 bridgehead atoms. The fourth-order valence-corrected chi connectivity index (χ4v) is 3.22. The zero-order chi connectivity index (χ0) is 19.1. The number of nitrogens with one attached hydrogen (secondary N) is 1. The van der Waals surface area contributed by atoms with Gasteiger partial charge in [0.25, 0.3) is 0 Å². The fourth-order valence-electron chi connectivity index (χ4n) is 3.05. The van der Waals surface area contributed by atoms with Crippen LogP contribution in [-0.4, -0.2) is 60.9 Å². The van der Waals surface area contributed by atoms with Gasteiger partial charge >= 0.3 is 0 Å². The van der Waals surface area contributed by atoms with Crippen molar-refractivity contribution in [1.82, 2.24) is 14.9 Å². The summed E-state index contributed by atoms with van der Waals surface area (Å²) in [6.45, 7) is 9.93. The minimum atomic E-state index is 0.535. The van der Waals surface area contributed by atoms with E-state index in [2.05, 4.69) is 45.3 Å². The lowest BCUT2D eigenvalue weighted by molar-refractivity contribution is 0.0384. The van der Waals surface area contributed by atoms with Gasteiger partial charge in [-0.05, 0) is 37.5 Å². The maximum atomic E-state index is 6.18. The molecule has 1 saturated heterocycles. The van der Waals surface area contributed by atoms with Crippen molar-refractivity contribution in [1.29, 1.82) is 0 Å². The molecule has 0 unspecified atom stereocenters. The normalized spacial score (nSPS) is 14.9. The Morgan fingerprint density at radius 3 is 2.81 bits per heavy atom. The largest absolute Gasteiger partial charge is 0.491 e. The Bertz CT molecular complexity index is 751. The molecule has 1 aliphatic heterocycles. The van der Waals surface area contributed by atoms with Gasteiger partial charge in [-0.15, -0.1) is 0 Å². The predicted molar refractivity (Wildman–Crippen MR) is 108 cm³/mol. The van der Waals surface area contributed by atoms with Gasteiger partial charge < -0.3 is 14.8 Å². The van der Waals surface area contributed by atoms with Crippen molar-refractivity contribution < 1.29 is 9.47 Å². The van der Waals surface area contributed by atoms with E-state index in [1.165, 1.54) is 11.9 Å². The average molecular weight is 391 g/mol. The van der Waals surface area contributed by atoms with Crippen molar-refractivity contribution in [2.45, 2.75) is 20.3 Å². The molecule has 0 radical (unpaired) electrons. The molecule has 0 atom stereocenters. The number of aromatic nitrogens is 2. The van der Waals surface area contributed by atoms with Gasteiger partial charge in [-0.1, -0.05) is 23.7 Å². The van der Waals surface area contributed by atoms with E-state index < -0.39 is 0 Å². The summed E-state index contributed by atoms with van der Waals surface area (Å²) in [5.74, 6) is 1.56. The summed E-state index contributed by atoms with van der Waals surface area (Å²) in [6.07, 6.45) is 2.55. The third-order valence-electron chi connectivity index (χ3n) is 4.68. The van der Waals surface area contributed by atoms with E-state index in [1.807, 2.05) is 6.92 Å². The summed E-state index contributed by atoms with van der Waals surface area (Å²) in [5.41, 5.74) is 3.26. The SMILES string of the molecule is Cc1cc(CCN2CCOCC2)ccc1OCCNc1ncnc(C)c1Cl. The Morgan fingerprint density at radius 1 is 1.22 bits per heavy atom. The number of hydrogen-bond acceptors (Lipinski definition) is 6. The molecule has 0 aliphatic carbocycles. The molecule has 146 valence electrons. The summed E-state index contributed by atoms with van der Waals surface area (Å²) in [4.78, 5) is 10.7. The van der Waals surface area contributed by atoms with Crippen molar-refractivity contribution >= 4 is 17.4 Å². The summed E-state index contributed by atoms with van der Waals surface area (Å²) in [7, 11) is 0. The van der Waals surface area contributed by atoms with Crippen LogP contribution in [0.2, 0.25) is 5.02 Å². The number of aryl methyl sites for hydroxylation is 2. The Labute approximate surface area is 165 Å². The van der Waals surface area contributed by atoms with Crippen LogP contribution < -0.4 is 10.1 Å². The highest BCUT2D eigenvalue weighted by Crippen LogP contribution is 2.21. The van der Waals surface area contributed by atoms with Crippen molar-refractivity contribution in [3.05, 3.63) is 46.4 Å².